The Balaban J connectivity index is 1.84. The van der Waals surface area contributed by atoms with Crippen LogP contribution in [0.1, 0.15) is 24.9 Å². The molecule has 1 aliphatic rings. The van der Waals surface area contributed by atoms with Crippen LogP contribution in [0.4, 0.5) is 13.2 Å². The second kappa shape index (κ2) is 6.66. The molecule has 21 heavy (non-hydrogen) atoms. The van der Waals surface area contributed by atoms with E-state index in [4.69, 9.17) is 4.74 Å². The summed E-state index contributed by atoms with van der Waals surface area (Å²) in [6.45, 7) is 2.14. The highest BCUT2D eigenvalue weighted by Gasteiger charge is 2.34. The predicted octanol–water partition coefficient (Wildman–Crippen LogP) is 2.98. The van der Waals surface area contributed by atoms with Crippen molar-refractivity contribution in [2.24, 2.45) is 0 Å². The Morgan fingerprint density at radius 3 is 2.57 bits per heavy atom. The highest BCUT2D eigenvalue weighted by molar-refractivity contribution is 5.28. The molecule has 1 fully saturated rings. The molecule has 0 unspecified atom stereocenters. The minimum Gasteiger partial charge on any atom is -0.497 e. The summed E-state index contributed by atoms with van der Waals surface area (Å²) < 4.78 is 42.2. The van der Waals surface area contributed by atoms with E-state index in [9.17, 15) is 13.2 Å². The van der Waals surface area contributed by atoms with Gasteiger partial charge in [-0.1, -0.05) is 12.1 Å². The molecule has 1 aromatic carbocycles. The fraction of sp³-hybridized carbons (Fsp3) is 0.600. The molecule has 1 N–H and O–H groups in total. The van der Waals surface area contributed by atoms with Crippen LogP contribution < -0.4 is 10.1 Å². The van der Waals surface area contributed by atoms with Gasteiger partial charge in [0.1, 0.15) is 5.75 Å². The molecule has 1 saturated heterocycles. The maximum Gasteiger partial charge on any atom is 0.401 e. The molecule has 2 rings (SSSR count). The van der Waals surface area contributed by atoms with Gasteiger partial charge in [-0.3, -0.25) is 4.90 Å². The minimum atomic E-state index is -4.11. The van der Waals surface area contributed by atoms with Gasteiger partial charge < -0.3 is 10.1 Å². The van der Waals surface area contributed by atoms with Crippen molar-refractivity contribution in [3.63, 3.8) is 0 Å². The van der Waals surface area contributed by atoms with Crippen molar-refractivity contribution in [2.45, 2.75) is 31.6 Å². The van der Waals surface area contributed by atoms with E-state index < -0.39 is 12.7 Å². The van der Waals surface area contributed by atoms with E-state index in [1.165, 1.54) is 4.90 Å². The first kappa shape index (κ1) is 16.1. The molecule has 2 atom stereocenters. The largest absolute Gasteiger partial charge is 0.497 e. The van der Waals surface area contributed by atoms with E-state index in [1.54, 1.807) is 7.11 Å². The maximum absolute atomic E-state index is 12.4. The fourth-order valence-corrected chi connectivity index (χ4v) is 2.71. The van der Waals surface area contributed by atoms with Crippen LogP contribution in [0.5, 0.6) is 5.75 Å². The van der Waals surface area contributed by atoms with Gasteiger partial charge in [-0.05, 0) is 31.0 Å². The molecule has 0 saturated carbocycles. The summed E-state index contributed by atoms with van der Waals surface area (Å²) in [5, 5.41) is 3.40. The van der Waals surface area contributed by atoms with Gasteiger partial charge in [0.25, 0.3) is 0 Å². The lowest BCUT2D eigenvalue weighted by Crippen LogP contribution is -2.37. The zero-order valence-corrected chi connectivity index (χ0v) is 12.3. The molecule has 1 heterocycles. The third-order valence-electron chi connectivity index (χ3n) is 3.78. The molecule has 118 valence electrons. The number of halogens is 3. The van der Waals surface area contributed by atoms with Gasteiger partial charge in [0.15, 0.2) is 0 Å². The van der Waals surface area contributed by atoms with Gasteiger partial charge in [-0.2, -0.15) is 13.2 Å². The normalized spacial score (nSPS) is 21.5. The zero-order chi connectivity index (χ0) is 15.5. The average Bonchev–Trinajstić information content (AvgIpc) is 2.83. The first-order valence-corrected chi connectivity index (χ1v) is 7.06. The molecule has 0 bridgehead atoms. The number of benzene rings is 1. The van der Waals surface area contributed by atoms with Crippen LogP contribution in [0.15, 0.2) is 24.3 Å². The number of rotatable bonds is 5. The van der Waals surface area contributed by atoms with E-state index in [-0.39, 0.29) is 12.1 Å². The molecule has 1 aliphatic heterocycles. The summed E-state index contributed by atoms with van der Waals surface area (Å²) in [6.07, 6.45) is -3.37. The van der Waals surface area contributed by atoms with Crippen LogP contribution >= 0.6 is 0 Å². The Kier molecular flexibility index (Phi) is 5.11. The van der Waals surface area contributed by atoms with E-state index in [0.29, 0.717) is 13.1 Å². The van der Waals surface area contributed by atoms with Crippen molar-refractivity contribution in [2.75, 3.05) is 26.7 Å². The minimum absolute atomic E-state index is 0.101. The van der Waals surface area contributed by atoms with Crippen molar-refractivity contribution in [1.29, 1.82) is 0 Å². The van der Waals surface area contributed by atoms with Gasteiger partial charge >= 0.3 is 6.18 Å². The number of methoxy groups -OCH3 is 1. The Bertz CT molecular complexity index is 447. The third-order valence-corrected chi connectivity index (χ3v) is 3.78. The first-order chi connectivity index (χ1) is 9.87. The molecule has 0 aromatic heterocycles. The van der Waals surface area contributed by atoms with Crippen molar-refractivity contribution >= 4 is 0 Å². The lowest BCUT2D eigenvalue weighted by Gasteiger charge is -2.21. The Morgan fingerprint density at radius 2 is 2.00 bits per heavy atom. The second-order valence-electron chi connectivity index (χ2n) is 5.50. The molecule has 6 heteroatoms. The van der Waals surface area contributed by atoms with Crippen LogP contribution in [0.3, 0.4) is 0 Å². The lowest BCUT2D eigenvalue weighted by atomic mass is 10.1. The fourth-order valence-electron chi connectivity index (χ4n) is 2.71. The van der Waals surface area contributed by atoms with E-state index in [0.717, 1.165) is 17.7 Å². The Hall–Kier alpha value is -1.27. The third kappa shape index (κ3) is 4.89. The smallest absolute Gasteiger partial charge is 0.401 e. The average molecular weight is 302 g/mol. The summed E-state index contributed by atoms with van der Waals surface area (Å²) in [5.41, 5.74) is 1.10. The molecule has 0 spiro atoms. The van der Waals surface area contributed by atoms with Gasteiger partial charge in [-0.15, -0.1) is 0 Å². The van der Waals surface area contributed by atoms with Gasteiger partial charge in [0.2, 0.25) is 0 Å². The standard InChI is InChI=1S/C15H21F3N2O/c1-11(12-3-5-14(21-2)6-4-12)19-13-7-8-20(9-13)10-15(16,17)18/h3-6,11,13,19H,7-10H2,1-2H3/t11-,13+/m0/s1. The number of hydrogen-bond acceptors (Lipinski definition) is 3. The number of nitrogens with one attached hydrogen (secondary N) is 1. The van der Waals surface area contributed by atoms with Crippen LogP contribution in [0.25, 0.3) is 0 Å². The number of hydrogen-bond donors (Lipinski definition) is 1. The van der Waals surface area contributed by atoms with Crippen molar-refractivity contribution < 1.29 is 17.9 Å². The molecule has 1 aromatic rings. The summed E-state index contributed by atoms with van der Waals surface area (Å²) in [7, 11) is 1.62. The Labute approximate surface area is 123 Å². The molecule has 0 amide bonds. The van der Waals surface area contributed by atoms with Gasteiger partial charge in [-0.25, -0.2) is 0 Å². The highest BCUT2D eigenvalue weighted by atomic mass is 19.4. The Morgan fingerprint density at radius 1 is 1.33 bits per heavy atom. The maximum atomic E-state index is 12.4. The zero-order valence-electron chi connectivity index (χ0n) is 12.3. The summed E-state index contributed by atoms with van der Waals surface area (Å²) in [6, 6.07) is 7.92. The number of ether oxygens (including phenoxy) is 1. The van der Waals surface area contributed by atoms with E-state index in [2.05, 4.69) is 5.32 Å². The first-order valence-electron chi connectivity index (χ1n) is 7.06. The molecular weight excluding hydrogens is 281 g/mol. The van der Waals surface area contributed by atoms with Gasteiger partial charge in [0.05, 0.1) is 13.7 Å². The number of alkyl halides is 3. The topological polar surface area (TPSA) is 24.5 Å². The quantitative estimate of drug-likeness (QED) is 0.905. The number of likely N-dealkylation sites (tertiary alicyclic amines) is 1. The van der Waals surface area contributed by atoms with Gasteiger partial charge in [0, 0.05) is 25.2 Å². The summed E-state index contributed by atoms with van der Waals surface area (Å²) in [5.74, 6) is 0.795. The summed E-state index contributed by atoms with van der Waals surface area (Å²) >= 11 is 0. The van der Waals surface area contributed by atoms with Crippen molar-refractivity contribution in [1.82, 2.24) is 10.2 Å². The molecule has 3 nitrogen and oxygen atoms in total. The van der Waals surface area contributed by atoms with E-state index in [1.807, 2.05) is 31.2 Å². The second-order valence-corrected chi connectivity index (χ2v) is 5.50. The highest BCUT2D eigenvalue weighted by Crippen LogP contribution is 2.22. The van der Waals surface area contributed by atoms with Crippen LogP contribution in [0, 0.1) is 0 Å². The number of nitrogens with zero attached hydrogens (tertiary/aromatic N) is 1. The summed E-state index contributed by atoms with van der Waals surface area (Å²) in [4.78, 5) is 1.46. The van der Waals surface area contributed by atoms with Crippen LogP contribution in [-0.4, -0.2) is 43.9 Å². The SMILES string of the molecule is COc1ccc([C@H](C)N[C@@H]2CCN(CC(F)(F)F)C2)cc1. The molecular formula is C15H21F3N2O. The molecule has 0 radical (unpaired) electrons. The monoisotopic (exact) mass is 302 g/mol. The lowest BCUT2D eigenvalue weighted by molar-refractivity contribution is -0.143. The van der Waals surface area contributed by atoms with Crippen LogP contribution in [0.2, 0.25) is 0 Å². The van der Waals surface area contributed by atoms with Crippen molar-refractivity contribution in [3.05, 3.63) is 29.8 Å². The van der Waals surface area contributed by atoms with E-state index >= 15 is 0 Å². The molecule has 0 aliphatic carbocycles. The van der Waals surface area contributed by atoms with Crippen molar-refractivity contribution in [3.8, 4) is 5.75 Å². The van der Waals surface area contributed by atoms with Crippen LogP contribution in [-0.2, 0) is 0 Å². The predicted molar refractivity (Wildman–Crippen MR) is 75.4 cm³/mol.